The van der Waals surface area contributed by atoms with Gasteiger partial charge in [-0.1, -0.05) is 29.3 Å². The predicted molar refractivity (Wildman–Crippen MR) is 86.2 cm³/mol. The van der Waals surface area contributed by atoms with Crippen molar-refractivity contribution in [3.63, 3.8) is 0 Å². The van der Waals surface area contributed by atoms with E-state index in [0.717, 1.165) is 0 Å². The van der Waals surface area contributed by atoms with Gasteiger partial charge in [-0.15, -0.1) is 0 Å². The molecule has 3 nitrogen and oxygen atoms in total. The molecule has 0 aliphatic rings. The van der Waals surface area contributed by atoms with E-state index in [-0.39, 0.29) is 25.2 Å². The number of Topliss-reactive ketones (excluding diaryl/α,β-unsaturated/α-hetero) is 1. The molecule has 0 saturated heterocycles. The van der Waals surface area contributed by atoms with Gasteiger partial charge in [0.05, 0.1) is 6.42 Å². The number of carbonyl (C=O) groups is 2. The molecular formula is C17H13Cl2FO3. The average Bonchev–Trinajstić information content (AvgIpc) is 2.53. The molecule has 2 aromatic carbocycles. The van der Waals surface area contributed by atoms with Gasteiger partial charge in [-0.25, -0.2) is 4.39 Å². The Kier molecular flexibility index (Phi) is 6.13. The van der Waals surface area contributed by atoms with E-state index in [9.17, 15) is 14.0 Å². The second-order valence-electron chi connectivity index (χ2n) is 4.79. The van der Waals surface area contributed by atoms with E-state index in [1.807, 2.05) is 0 Å². The van der Waals surface area contributed by atoms with Crippen molar-refractivity contribution >= 4 is 35.0 Å². The number of hydrogen-bond donors (Lipinski definition) is 0. The summed E-state index contributed by atoms with van der Waals surface area (Å²) in [6, 6.07) is 10.1. The first-order valence-corrected chi connectivity index (χ1v) is 7.60. The molecule has 120 valence electrons. The Morgan fingerprint density at radius 3 is 2.17 bits per heavy atom. The van der Waals surface area contributed by atoms with Crippen LogP contribution in [-0.2, 0) is 16.1 Å². The Hall–Kier alpha value is -1.91. The maximum absolute atomic E-state index is 12.8. The molecule has 0 saturated carbocycles. The van der Waals surface area contributed by atoms with Crippen molar-refractivity contribution in [1.29, 1.82) is 0 Å². The minimum Gasteiger partial charge on any atom is -0.461 e. The van der Waals surface area contributed by atoms with Crippen molar-refractivity contribution in [2.24, 2.45) is 0 Å². The maximum Gasteiger partial charge on any atom is 0.306 e. The molecule has 0 atom stereocenters. The van der Waals surface area contributed by atoms with Crippen LogP contribution in [0, 0.1) is 5.82 Å². The summed E-state index contributed by atoms with van der Waals surface area (Å²) in [6.45, 7) is -0.0535. The number of hydrogen-bond acceptors (Lipinski definition) is 3. The highest BCUT2D eigenvalue weighted by Crippen LogP contribution is 2.25. The Bertz CT molecular complexity index is 694. The van der Waals surface area contributed by atoms with E-state index >= 15 is 0 Å². The van der Waals surface area contributed by atoms with E-state index in [2.05, 4.69) is 0 Å². The molecule has 6 heteroatoms. The summed E-state index contributed by atoms with van der Waals surface area (Å²) in [5.41, 5.74) is 0.877. The molecule has 0 radical (unpaired) electrons. The second kappa shape index (κ2) is 8.09. The fourth-order valence-electron chi connectivity index (χ4n) is 1.89. The molecular weight excluding hydrogens is 342 g/mol. The molecule has 0 aliphatic carbocycles. The third kappa shape index (κ3) is 5.05. The van der Waals surface area contributed by atoms with Crippen LogP contribution in [-0.4, -0.2) is 11.8 Å². The van der Waals surface area contributed by atoms with Gasteiger partial charge in [0.25, 0.3) is 0 Å². The van der Waals surface area contributed by atoms with Crippen LogP contribution < -0.4 is 0 Å². The zero-order chi connectivity index (χ0) is 16.8. The quantitative estimate of drug-likeness (QED) is 0.550. The SMILES string of the molecule is O=C(CCC(=O)c1ccc(F)cc1)OCc1c(Cl)cccc1Cl. The number of carbonyl (C=O) groups excluding carboxylic acids is 2. The average molecular weight is 355 g/mol. The largest absolute Gasteiger partial charge is 0.461 e. The van der Waals surface area contributed by atoms with Crippen LogP contribution in [0.2, 0.25) is 10.0 Å². The van der Waals surface area contributed by atoms with Crippen molar-refractivity contribution in [2.45, 2.75) is 19.4 Å². The first-order chi connectivity index (χ1) is 11.0. The first kappa shape index (κ1) is 17.4. The smallest absolute Gasteiger partial charge is 0.306 e. The summed E-state index contributed by atoms with van der Waals surface area (Å²) in [5.74, 6) is -1.20. The predicted octanol–water partition coefficient (Wildman–Crippen LogP) is 4.84. The van der Waals surface area contributed by atoms with Crippen LogP contribution in [0.3, 0.4) is 0 Å². The van der Waals surface area contributed by atoms with Gasteiger partial charge < -0.3 is 4.74 Å². The third-order valence-corrected chi connectivity index (χ3v) is 3.87. The van der Waals surface area contributed by atoms with E-state index in [1.54, 1.807) is 18.2 Å². The monoisotopic (exact) mass is 354 g/mol. The van der Waals surface area contributed by atoms with Gasteiger partial charge >= 0.3 is 5.97 Å². The summed E-state index contributed by atoms with van der Waals surface area (Å²) in [5, 5.41) is 0.820. The number of ether oxygens (including phenoxy) is 1. The van der Waals surface area contributed by atoms with E-state index in [1.165, 1.54) is 24.3 Å². The summed E-state index contributed by atoms with van der Waals surface area (Å²) < 4.78 is 17.9. The Labute approximate surface area is 143 Å². The highest BCUT2D eigenvalue weighted by atomic mass is 35.5. The van der Waals surface area contributed by atoms with Crippen LogP contribution in [0.5, 0.6) is 0 Å². The number of halogens is 3. The third-order valence-electron chi connectivity index (χ3n) is 3.16. The highest BCUT2D eigenvalue weighted by Gasteiger charge is 2.12. The lowest BCUT2D eigenvalue weighted by Crippen LogP contribution is -2.08. The lowest BCUT2D eigenvalue weighted by molar-refractivity contribution is -0.144. The van der Waals surface area contributed by atoms with Crippen LogP contribution in [0.4, 0.5) is 4.39 Å². The maximum atomic E-state index is 12.8. The summed E-state index contributed by atoms with van der Waals surface area (Å²) in [4.78, 5) is 23.6. The van der Waals surface area contributed by atoms with Crippen molar-refractivity contribution in [3.05, 3.63) is 69.5 Å². The van der Waals surface area contributed by atoms with Gasteiger partial charge in [-0.3, -0.25) is 9.59 Å². The molecule has 0 N–H and O–H groups in total. The zero-order valence-corrected chi connectivity index (χ0v) is 13.5. The summed E-state index contributed by atoms with van der Waals surface area (Å²) in [6.07, 6.45) is -0.0843. The topological polar surface area (TPSA) is 43.4 Å². The first-order valence-electron chi connectivity index (χ1n) is 6.84. The number of rotatable bonds is 6. The van der Waals surface area contributed by atoms with Crippen LogP contribution >= 0.6 is 23.2 Å². The minimum atomic E-state index is -0.531. The number of ketones is 1. The van der Waals surface area contributed by atoms with Crippen LogP contribution in [0.25, 0.3) is 0 Å². The van der Waals surface area contributed by atoms with Crippen LogP contribution in [0.15, 0.2) is 42.5 Å². The molecule has 0 spiro atoms. The van der Waals surface area contributed by atoms with Crippen molar-refractivity contribution in [3.8, 4) is 0 Å². The Morgan fingerprint density at radius 2 is 1.57 bits per heavy atom. The van der Waals surface area contributed by atoms with Gasteiger partial charge in [0, 0.05) is 27.6 Å². The summed E-state index contributed by atoms with van der Waals surface area (Å²) in [7, 11) is 0. The van der Waals surface area contributed by atoms with E-state index < -0.39 is 11.8 Å². The molecule has 0 bridgehead atoms. The van der Waals surface area contributed by atoms with E-state index in [0.29, 0.717) is 21.2 Å². The highest BCUT2D eigenvalue weighted by molar-refractivity contribution is 6.35. The van der Waals surface area contributed by atoms with Gasteiger partial charge in [0.2, 0.25) is 0 Å². The van der Waals surface area contributed by atoms with Gasteiger partial charge in [-0.05, 0) is 36.4 Å². The second-order valence-corrected chi connectivity index (χ2v) is 5.61. The molecule has 0 unspecified atom stereocenters. The minimum absolute atomic E-state index is 0.0132. The summed E-state index contributed by atoms with van der Waals surface area (Å²) >= 11 is 11.9. The normalized spacial score (nSPS) is 10.4. The Balaban J connectivity index is 1.83. The number of benzene rings is 2. The lowest BCUT2D eigenvalue weighted by atomic mass is 10.1. The van der Waals surface area contributed by atoms with Crippen molar-refractivity contribution < 1.29 is 18.7 Å². The van der Waals surface area contributed by atoms with Gasteiger partial charge in [-0.2, -0.15) is 0 Å². The van der Waals surface area contributed by atoms with Gasteiger partial charge in [0.1, 0.15) is 12.4 Å². The molecule has 0 aliphatic heterocycles. The fraction of sp³-hybridized carbons (Fsp3) is 0.176. The van der Waals surface area contributed by atoms with Crippen molar-refractivity contribution in [2.75, 3.05) is 0 Å². The molecule has 0 fully saturated rings. The number of esters is 1. The molecule has 2 aromatic rings. The standard InChI is InChI=1S/C17H13Cl2FO3/c18-14-2-1-3-15(19)13(14)10-23-17(22)9-8-16(21)11-4-6-12(20)7-5-11/h1-7H,8-10H2. The molecule has 0 amide bonds. The fourth-order valence-corrected chi connectivity index (χ4v) is 2.40. The molecule has 2 rings (SSSR count). The van der Waals surface area contributed by atoms with Gasteiger partial charge in [0.15, 0.2) is 5.78 Å². The molecule has 23 heavy (non-hydrogen) atoms. The lowest BCUT2D eigenvalue weighted by Gasteiger charge is -2.08. The van der Waals surface area contributed by atoms with Crippen molar-refractivity contribution in [1.82, 2.24) is 0 Å². The van der Waals surface area contributed by atoms with E-state index in [4.69, 9.17) is 27.9 Å². The Morgan fingerprint density at radius 1 is 0.957 bits per heavy atom. The molecule has 0 heterocycles. The molecule has 0 aromatic heterocycles. The zero-order valence-electron chi connectivity index (χ0n) is 12.0. The van der Waals surface area contributed by atoms with Crippen LogP contribution in [0.1, 0.15) is 28.8 Å².